The van der Waals surface area contributed by atoms with Crippen LogP contribution in [0, 0.1) is 11.3 Å². The fourth-order valence-electron chi connectivity index (χ4n) is 2.97. The third-order valence-electron chi connectivity index (χ3n) is 4.20. The maximum Gasteiger partial charge on any atom is 0.0995 e. The Bertz CT molecular complexity index is 930. The van der Waals surface area contributed by atoms with Gasteiger partial charge in [-0.05, 0) is 28.8 Å². The van der Waals surface area contributed by atoms with Crippen molar-refractivity contribution >= 4 is 11.4 Å². The monoisotopic (exact) mass is 294 g/mol. The second-order valence-electron chi connectivity index (χ2n) is 5.59. The minimum atomic E-state index is 0.724. The zero-order chi connectivity index (χ0) is 15.6. The van der Waals surface area contributed by atoms with Crippen molar-refractivity contribution in [2.45, 2.75) is 6.42 Å². The molecule has 2 heteroatoms. The van der Waals surface area contributed by atoms with Gasteiger partial charge in [0.15, 0.2) is 0 Å². The van der Waals surface area contributed by atoms with Crippen molar-refractivity contribution in [3.05, 3.63) is 89.5 Å². The van der Waals surface area contributed by atoms with E-state index in [4.69, 9.17) is 4.99 Å². The molecule has 0 spiro atoms. The number of nitrogens with zero attached hydrogens (tertiary/aromatic N) is 2. The molecule has 2 nitrogen and oxygen atoms in total. The van der Waals surface area contributed by atoms with Crippen LogP contribution >= 0.6 is 0 Å². The van der Waals surface area contributed by atoms with Crippen LogP contribution in [-0.2, 0) is 6.42 Å². The molecule has 0 unspecified atom stereocenters. The highest BCUT2D eigenvalue weighted by atomic mass is 14.8. The Morgan fingerprint density at radius 2 is 1.43 bits per heavy atom. The quantitative estimate of drug-likeness (QED) is 0.662. The average molecular weight is 294 g/mol. The summed E-state index contributed by atoms with van der Waals surface area (Å²) < 4.78 is 0. The Balaban J connectivity index is 1.65. The molecule has 1 aliphatic rings. The highest BCUT2D eigenvalue weighted by molar-refractivity contribution is 6.07. The first-order valence-corrected chi connectivity index (χ1v) is 7.60. The van der Waals surface area contributed by atoms with E-state index in [-0.39, 0.29) is 0 Å². The van der Waals surface area contributed by atoms with Crippen LogP contribution in [-0.4, -0.2) is 5.71 Å². The van der Waals surface area contributed by atoms with E-state index in [9.17, 15) is 5.26 Å². The first-order valence-electron chi connectivity index (χ1n) is 7.60. The molecule has 4 rings (SSSR count). The SMILES string of the molecule is N#Cc1cccc2c1CC(c1ccc(-c3ccccc3)cc1)=N2. The van der Waals surface area contributed by atoms with Crippen LogP contribution in [0.3, 0.4) is 0 Å². The fraction of sp³-hybridized carbons (Fsp3) is 0.0476. The van der Waals surface area contributed by atoms with Gasteiger partial charge >= 0.3 is 0 Å². The van der Waals surface area contributed by atoms with E-state index >= 15 is 0 Å². The summed E-state index contributed by atoms with van der Waals surface area (Å²) in [5.74, 6) is 0. The Hall–Kier alpha value is -3.18. The van der Waals surface area contributed by atoms with E-state index in [1.165, 1.54) is 11.1 Å². The van der Waals surface area contributed by atoms with Gasteiger partial charge in [0.05, 0.1) is 23.0 Å². The van der Waals surface area contributed by atoms with Crippen LogP contribution in [0.5, 0.6) is 0 Å². The third-order valence-corrected chi connectivity index (χ3v) is 4.20. The Morgan fingerprint density at radius 3 is 2.17 bits per heavy atom. The van der Waals surface area contributed by atoms with Crippen molar-refractivity contribution in [3.63, 3.8) is 0 Å². The largest absolute Gasteiger partial charge is 0.252 e. The van der Waals surface area contributed by atoms with Crippen molar-refractivity contribution in [3.8, 4) is 17.2 Å². The van der Waals surface area contributed by atoms with Gasteiger partial charge in [0, 0.05) is 12.0 Å². The number of benzene rings is 3. The first-order chi connectivity index (χ1) is 11.3. The van der Waals surface area contributed by atoms with Gasteiger partial charge in [-0.25, -0.2) is 0 Å². The van der Waals surface area contributed by atoms with Crippen molar-refractivity contribution < 1.29 is 0 Å². The van der Waals surface area contributed by atoms with E-state index in [2.05, 4.69) is 42.5 Å². The third kappa shape index (κ3) is 2.43. The molecule has 3 aromatic carbocycles. The number of rotatable bonds is 2. The van der Waals surface area contributed by atoms with E-state index in [0.29, 0.717) is 0 Å². The summed E-state index contributed by atoms with van der Waals surface area (Å²) in [6.45, 7) is 0. The minimum Gasteiger partial charge on any atom is -0.252 e. The predicted octanol–water partition coefficient (Wildman–Crippen LogP) is 4.90. The smallest absolute Gasteiger partial charge is 0.0995 e. The van der Waals surface area contributed by atoms with Gasteiger partial charge in [0.2, 0.25) is 0 Å². The molecule has 1 aliphatic heterocycles. The van der Waals surface area contributed by atoms with Crippen LogP contribution in [0.1, 0.15) is 16.7 Å². The van der Waals surface area contributed by atoms with E-state index in [0.717, 1.165) is 34.5 Å². The van der Waals surface area contributed by atoms with Crippen LogP contribution < -0.4 is 0 Å². The second-order valence-corrected chi connectivity index (χ2v) is 5.59. The summed E-state index contributed by atoms with van der Waals surface area (Å²) in [5, 5.41) is 9.22. The van der Waals surface area contributed by atoms with Gasteiger partial charge in [0.25, 0.3) is 0 Å². The van der Waals surface area contributed by atoms with Crippen LogP contribution in [0.4, 0.5) is 5.69 Å². The normalized spacial score (nSPS) is 12.4. The summed E-state index contributed by atoms with van der Waals surface area (Å²) in [7, 11) is 0. The van der Waals surface area contributed by atoms with Crippen LogP contribution in [0.25, 0.3) is 11.1 Å². The molecule has 23 heavy (non-hydrogen) atoms. The predicted molar refractivity (Wildman–Crippen MR) is 92.9 cm³/mol. The van der Waals surface area contributed by atoms with Gasteiger partial charge in [-0.2, -0.15) is 5.26 Å². The maximum absolute atomic E-state index is 9.22. The first kappa shape index (κ1) is 13.5. The van der Waals surface area contributed by atoms with Crippen molar-refractivity contribution in [2.75, 3.05) is 0 Å². The fourth-order valence-corrected chi connectivity index (χ4v) is 2.97. The molecule has 3 aromatic rings. The molecule has 0 bridgehead atoms. The maximum atomic E-state index is 9.22. The molecule has 0 saturated heterocycles. The van der Waals surface area contributed by atoms with Crippen molar-refractivity contribution in [2.24, 2.45) is 4.99 Å². The summed E-state index contributed by atoms with van der Waals surface area (Å²) in [6.07, 6.45) is 0.726. The van der Waals surface area contributed by atoms with Crippen LogP contribution in [0.2, 0.25) is 0 Å². The number of fused-ring (bicyclic) bond motifs is 1. The summed E-state index contributed by atoms with van der Waals surface area (Å²) in [5.41, 5.74) is 7.24. The lowest BCUT2D eigenvalue weighted by molar-refractivity contribution is 1.34. The lowest BCUT2D eigenvalue weighted by atomic mass is 9.98. The number of nitriles is 1. The molecular formula is C21H14N2. The molecule has 0 N–H and O–H groups in total. The number of hydrogen-bond acceptors (Lipinski definition) is 2. The molecule has 108 valence electrons. The summed E-state index contributed by atoms with van der Waals surface area (Å²) in [4.78, 5) is 4.70. The van der Waals surface area contributed by atoms with Gasteiger partial charge in [0.1, 0.15) is 0 Å². The van der Waals surface area contributed by atoms with Gasteiger partial charge in [-0.3, -0.25) is 4.99 Å². The Morgan fingerprint density at radius 1 is 0.739 bits per heavy atom. The molecule has 0 radical (unpaired) electrons. The molecular weight excluding hydrogens is 280 g/mol. The van der Waals surface area contributed by atoms with Gasteiger partial charge in [-0.1, -0.05) is 60.7 Å². The summed E-state index contributed by atoms with van der Waals surface area (Å²) in [6, 6.07) is 26.8. The lowest BCUT2D eigenvalue weighted by Crippen LogP contribution is -2.01. The molecule has 0 amide bonds. The topological polar surface area (TPSA) is 36.1 Å². The highest BCUT2D eigenvalue weighted by Crippen LogP contribution is 2.31. The molecule has 0 aromatic heterocycles. The molecule has 0 saturated carbocycles. The molecule has 0 aliphatic carbocycles. The zero-order valence-electron chi connectivity index (χ0n) is 12.5. The Labute approximate surface area is 135 Å². The van der Waals surface area contributed by atoms with Crippen molar-refractivity contribution in [1.82, 2.24) is 0 Å². The highest BCUT2D eigenvalue weighted by Gasteiger charge is 2.18. The van der Waals surface area contributed by atoms with Crippen LogP contribution in [0.15, 0.2) is 77.8 Å². The van der Waals surface area contributed by atoms with Gasteiger partial charge in [-0.15, -0.1) is 0 Å². The zero-order valence-corrected chi connectivity index (χ0v) is 12.5. The molecule has 0 fully saturated rings. The van der Waals surface area contributed by atoms with E-state index < -0.39 is 0 Å². The molecule has 1 heterocycles. The second kappa shape index (κ2) is 5.55. The van der Waals surface area contributed by atoms with Gasteiger partial charge < -0.3 is 0 Å². The standard InChI is InChI=1S/C21H14N2/c22-14-18-7-4-8-20-19(18)13-21(23-20)17-11-9-16(10-12-17)15-5-2-1-3-6-15/h1-12H,13H2. The van der Waals surface area contributed by atoms with E-state index in [1.54, 1.807) is 0 Å². The lowest BCUT2D eigenvalue weighted by Gasteiger charge is -2.04. The number of aliphatic imine (C=N–C) groups is 1. The molecule has 0 atom stereocenters. The average Bonchev–Trinajstić information content (AvgIpc) is 3.07. The van der Waals surface area contributed by atoms with E-state index in [1.807, 2.05) is 36.4 Å². The minimum absolute atomic E-state index is 0.724. The Kier molecular flexibility index (Phi) is 3.25. The van der Waals surface area contributed by atoms with Crippen molar-refractivity contribution in [1.29, 1.82) is 5.26 Å². The number of hydrogen-bond donors (Lipinski definition) is 0. The summed E-state index contributed by atoms with van der Waals surface area (Å²) >= 11 is 0.